The van der Waals surface area contributed by atoms with E-state index in [9.17, 15) is 4.79 Å². The van der Waals surface area contributed by atoms with Crippen molar-refractivity contribution in [1.82, 2.24) is 0 Å². The maximum absolute atomic E-state index is 12.0. The molecule has 1 unspecified atom stereocenters. The van der Waals surface area contributed by atoms with Gasteiger partial charge in [0, 0.05) is 9.79 Å². The predicted octanol–water partition coefficient (Wildman–Crippen LogP) is 6.17. The molecule has 24 heavy (non-hydrogen) atoms. The molecule has 0 radical (unpaired) electrons. The van der Waals surface area contributed by atoms with E-state index < -0.39 is 0 Å². The van der Waals surface area contributed by atoms with E-state index in [-0.39, 0.29) is 5.92 Å². The molecular weight excluding hydrogens is 312 g/mol. The van der Waals surface area contributed by atoms with Gasteiger partial charge in [-0.2, -0.15) is 0 Å². The zero-order chi connectivity index (χ0) is 16.9. The van der Waals surface area contributed by atoms with Crippen LogP contribution in [0.1, 0.15) is 67.7 Å². The summed E-state index contributed by atoms with van der Waals surface area (Å²) in [6.45, 7) is 4.47. The molecule has 0 saturated carbocycles. The molecule has 0 bridgehead atoms. The number of benzene rings is 2. The largest absolute Gasteiger partial charge is 0.302 e. The van der Waals surface area contributed by atoms with Crippen molar-refractivity contribution in [3.8, 4) is 0 Å². The van der Waals surface area contributed by atoms with Crippen LogP contribution < -0.4 is 0 Å². The second-order valence-electron chi connectivity index (χ2n) is 6.63. The Morgan fingerprint density at radius 1 is 1.00 bits per heavy atom. The minimum atomic E-state index is -0.107. The van der Waals surface area contributed by atoms with Crippen LogP contribution in [0.3, 0.4) is 0 Å². The molecule has 0 aromatic heterocycles. The Kier molecular flexibility index (Phi) is 5.78. The lowest BCUT2D eigenvalue weighted by Gasteiger charge is -2.27. The average Bonchev–Trinajstić information content (AvgIpc) is 2.62. The van der Waals surface area contributed by atoms with Crippen molar-refractivity contribution in [1.29, 1.82) is 0 Å². The number of carbonyl (C=O) groups is 1. The highest BCUT2D eigenvalue weighted by Crippen LogP contribution is 2.47. The molecule has 1 aliphatic heterocycles. The van der Waals surface area contributed by atoms with Gasteiger partial charge in [-0.15, -0.1) is 0 Å². The molecule has 0 N–H and O–H groups in total. The van der Waals surface area contributed by atoms with Crippen LogP contribution in [0.2, 0.25) is 0 Å². The zero-order valence-electron chi connectivity index (χ0n) is 14.7. The topological polar surface area (TPSA) is 17.1 Å². The fraction of sp³-hybridized carbons (Fsp3) is 0.409. The molecule has 126 valence electrons. The number of carbonyl (C=O) groups excluding carboxylic acids is 1. The van der Waals surface area contributed by atoms with Crippen molar-refractivity contribution < 1.29 is 4.79 Å². The summed E-state index contributed by atoms with van der Waals surface area (Å²) in [7, 11) is 0. The molecule has 0 amide bonds. The number of hydrogen-bond acceptors (Lipinski definition) is 2. The summed E-state index contributed by atoms with van der Waals surface area (Å²) in [5.74, 6) is -0.107. The molecule has 2 heteroatoms. The molecule has 0 spiro atoms. The minimum absolute atomic E-state index is 0.107. The van der Waals surface area contributed by atoms with E-state index in [4.69, 9.17) is 0 Å². The SMILES string of the molecule is CCCCc1cc(CCCC)c2c(c1)Sc1ccccc1C2C=O. The third kappa shape index (κ3) is 3.44. The van der Waals surface area contributed by atoms with Crippen LogP contribution in [0.4, 0.5) is 0 Å². The van der Waals surface area contributed by atoms with Gasteiger partial charge in [-0.3, -0.25) is 0 Å². The smallest absolute Gasteiger partial charge is 0.131 e. The maximum Gasteiger partial charge on any atom is 0.131 e. The van der Waals surface area contributed by atoms with E-state index in [0.717, 1.165) is 19.1 Å². The number of rotatable bonds is 7. The number of aryl methyl sites for hydroxylation is 2. The van der Waals surface area contributed by atoms with Crippen LogP contribution in [-0.4, -0.2) is 6.29 Å². The highest BCUT2D eigenvalue weighted by molar-refractivity contribution is 7.99. The highest BCUT2D eigenvalue weighted by atomic mass is 32.2. The van der Waals surface area contributed by atoms with Crippen LogP contribution in [0.5, 0.6) is 0 Å². The van der Waals surface area contributed by atoms with Crippen LogP contribution in [0, 0.1) is 0 Å². The Hall–Kier alpha value is -1.54. The van der Waals surface area contributed by atoms with E-state index in [1.807, 2.05) is 17.8 Å². The Labute approximate surface area is 149 Å². The molecule has 2 aromatic rings. The Balaban J connectivity index is 2.08. The summed E-state index contributed by atoms with van der Waals surface area (Å²) in [6, 6.07) is 13.1. The number of unbranched alkanes of at least 4 members (excludes halogenated alkanes) is 2. The Bertz CT molecular complexity index is 720. The normalized spacial score (nSPS) is 15.7. The lowest BCUT2D eigenvalue weighted by Crippen LogP contribution is -2.13. The predicted molar refractivity (Wildman–Crippen MR) is 102 cm³/mol. The molecule has 0 aliphatic carbocycles. The first kappa shape index (κ1) is 17.3. The number of fused-ring (bicyclic) bond motifs is 2. The molecular formula is C22H26OS. The molecule has 2 aromatic carbocycles. The van der Waals surface area contributed by atoms with Crippen LogP contribution >= 0.6 is 11.8 Å². The van der Waals surface area contributed by atoms with Gasteiger partial charge in [-0.05, 0) is 60.1 Å². The molecule has 0 saturated heterocycles. The van der Waals surface area contributed by atoms with E-state index in [1.54, 1.807) is 0 Å². The summed E-state index contributed by atoms with van der Waals surface area (Å²) in [4.78, 5) is 14.5. The maximum atomic E-state index is 12.0. The molecule has 1 aliphatic rings. The van der Waals surface area contributed by atoms with Crippen molar-refractivity contribution in [2.24, 2.45) is 0 Å². The Morgan fingerprint density at radius 2 is 1.75 bits per heavy atom. The summed E-state index contributed by atoms with van der Waals surface area (Å²) in [5.41, 5.74) is 5.25. The van der Waals surface area contributed by atoms with Crippen molar-refractivity contribution in [3.63, 3.8) is 0 Å². The Morgan fingerprint density at radius 3 is 2.50 bits per heavy atom. The van der Waals surface area contributed by atoms with Gasteiger partial charge < -0.3 is 4.79 Å². The third-order valence-corrected chi connectivity index (χ3v) is 5.98. The van der Waals surface area contributed by atoms with Gasteiger partial charge in [-0.1, -0.05) is 62.7 Å². The fourth-order valence-electron chi connectivity index (χ4n) is 3.53. The first-order chi connectivity index (χ1) is 11.8. The van der Waals surface area contributed by atoms with Crippen LogP contribution in [0.25, 0.3) is 0 Å². The lowest BCUT2D eigenvalue weighted by atomic mass is 9.85. The van der Waals surface area contributed by atoms with Crippen molar-refractivity contribution in [3.05, 3.63) is 58.7 Å². The quantitative estimate of drug-likeness (QED) is 0.562. The van der Waals surface area contributed by atoms with Crippen molar-refractivity contribution in [2.75, 3.05) is 0 Å². The molecule has 1 nitrogen and oxygen atoms in total. The lowest BCUT2D eigenvalue weighted by molar-refractivity contribution is -0.108. The van der Waals surface area contributed by atoms with Gasteiger partial charge in [-0.25, -0.2) is 0 Å². The summed E-state index contributed by atoms with van der Waals surface area (Å²) in [5, 5.41) is 0. The van der Waals surface area contributed by atoms with Gasteiger partial charge in [0.05, 0.1) is 5.92 Å². The molecule has 3 rings (SSSR count). The zero-order valence-corrected chi connectivity index (χ0v) is 15.5. The second-order valence-corrected chi connectivity index (χ2v) is 7.71. The van der Waals surface area contributed by atoms with Gasteiger partial charge in [0.1, 0.15) is 6.29 Å². The second kappa shape index (κ2) is 8.02. The van der Waals surface area contributed by atoms with Gasteiger partial charge in [0.25, 0.3) is 0 Å². The van der Waals surface area contributed by atoms with Crippen LogP contribution in [0.15, 0.2) is 46.2 Å². The van der Waals surface area contributed by atoms with E-state index in [1.165, 1.54) is 57.7 Å². The van der Waals surface area contributed by atoms with E-state index in [2.05, 4.69) is 44.2 Å². The summed E-state index contributed by atoms with van der Waals surface area (Å²) >= 11 is 1.84. The van der Waals surface area contributed by atoms with Gasteiger partial charge >= 0.3 is 0 Å². The van der Waals surface area contributed by atoms with E-state index >= 15 is 0 Å². The fourth-order valence-corrected chi connectivity index (χ4v) is 4.80. The van der Waals surface area contributed by atoms with Crippen molar-refractivity contribution >= 4 is 18.0 Å². The van der Waals surface area contributed by atoms with Crippen molar-refractivity contribution in [2.45, 2.75) is 68.1 Å². The first-order valence-corrected chi connectivity index (χ1v) is 9.97. The first-order valence-electron chi connectivity index (χ1n) is 9.16. The number of aldehydes is 1. The monoisotopic (exact) mass is 338 g/mol. The molecule has 0 fully saturated rings. The third-order valence-electron chi connectivity index (χ3n) is 4.83. The highest BCUT2D eigenvalue weighted by Gasteiger charge is 2.28. The van der Waals surface area contributed by atoms with Crippen LogP contribution in [-0.2, 0) is 17.6 Å². The minimum Gasteiger partial charge on any atom is -0.302 e. The molecule has 1 heterocycles. The average molecular weight is 339 g/mol. The summed E-state index contributed by atoms with van der Waals surface area (Å²) < 4.78 is 0. The van der Waals surface area contributed by atoms with Gasteiger partial charge in [0.2, 0.25) is 0 Å². The summed E-state index contributed by atoms with van der Waals surface area (Å²) in [6.07, 6.45) is 8.16. The standard InChI is InChI=1S/C22H26OS/c1-3-5-9-16-13-17(10-6-4-2)22-19(15-23)18-11-7-8-12-20(18)24-21(22)14-16/h7-8,11-15,19H,3-6,9-10H2,1-2H3. The van der Waals surface area contributed by atoms with Gasteiger partial charge in [0.15, 0.2) is 0 Å². The molecule has 1 atom stereocenters. The van der Waals surface area contributed by atoms with E-state index in [0.29, 0.717) is 0 Å². The number of hydrogen-bond donors (Lipinski definition) is 0.